The summed E-state index contributed by atoms with van der Waals surface area (Å²) in [5, 5.41) is 8.77. The maximum atomic E-state index is 11.9. The highest BCUT2D eigenvalue weighted by Gasteiger charge is 2.29. The number of rotatable bonds is 6. The van der Waals surface area contributed by atoms with E-state index >= 15 is 0 Å². The van der Waals surface area contributed by atoms with Gasteiger partial charge in [0, 0.05) is 26.1 Å². The van der Waals surface area contributed by atoms with E-state index < -0.39 is 5.97 Å². The van der Waals surface area contributed by atoms with Gasteiger partial charge in [0.25, 0.3) is 0 Å². The zero-order valence-corrected chi connectivity index (χ0v) is 10.5. The number of amides is 1. The van der Waals surface area contributed by atoms with E-state index in [0.717, 1.165) is 12.8 Å². The summed E-state index contributed by atoms with van der Waals surface area (Å²) in [6, 6.07) is -0.113. The molecule has 1 amide bonds. The fraction of sp³-hybridized carbons (Fsp3) is 0.833. The van der Waals surface area contributed by atoms with Crippen LogP contribution in [0.5, 0.6) is 0 Å². The number of methoxy groups -OCH3 is 1. The summed E-state index contributed by atoms with van der Waals surface area (Å²) in [6.45, 7) is 2.62. The second kappa shape index (κ2) is 6.59. The van der Waals surface area contributed by atoms with Crippen LogP contribution >= 0.6 is 0 Å². The standard InChI is InChI=1S/C12H21NO4/c1-9(17-2)5-6-11(14)13-7-3-4-10(13)8-12(15)16/h9-10H,3-8H2,1-2H3,(H,15,16). The van der Waals surface area contributed by atoms with Crippen molar-refractivity contribution in [2.45, 2.75) is 51.2 Å². The Morgan fingerprint density at radius 1 is 1.53 bits per heavy atom. The minimum Gasteiger partial charge on any atom is -0.481 e. The zero-order valence-electron chi connectivity index (χ0n) is 10.5. The average Bonchev–Trinajstić information content (AvgIpc) is 2.72. The number of likely N-dealkylation sites (tertiary alicyclic amines) is 1. The van der Waals surface area contributed by atoms with Crippen molar-refractivity contribution >= 4 is 11.9 Å². The lowest BCUT2D eigenvalue weighted by atomic mass is 10.1. The molecule has 5 nitrogen and oxygen atoms in total. The molecule has 1 saturated heterocycles. The van der Waals surface area contributed by atoms with Gasteiger partial charge in [-0.15, -0.1) is 0 Å². The van der Waals surface area contributed by atoms with Crippen molar-refractivity contribution < 1.29 is 19.4 Å². The van der Waals surface area contributed by atoms with Gasteiger partial charge < -0.3 is 14.7 Å². The molecular weight excluding hydrogens is 222 g/mol. The van der Waals surface area contributed by atoms with Crippen LogP contribution in [-0.4, -0.2) is 47.7 Å². The molecule has 17 heavy (non-hydrogen) atoms. The van der Waals surface area contributed by atoms with Crippen molar-refractivity contribution in [3.05, 3.63) is 0 Å². The van der Waals surface area contributed by atoms with Crippen molar-refractivity contribution in [3.63, 3.8) is 0 Å². The van der Waals surface area contributed by atoms with Gasteiger partial charge >= 0.3 is 5.97 Å². The van der Waals surface area contributed by atoms with E-state index in [1.165, 1.54) is 0 Å². The lowest BCUT2D eigenvalue weighted by molar-refractivity contribution is -0.140. The van der Waals surface area contributed by atoms with E-state index in [0.29, 0.717) is 19.4 Å². The van der Waals surface area contributed by atoms with E-state index in [1.807, 2.05) is 6.92 Å². The lowest BCUT2D eigenvalue weighted by Crippen LogP contribution is -2.37. The first-order valence-corrected chi connectivity index (χ1v) is 6.08. The van der Waals surface area contributed by atoms with Gasteiger partial charge in [-0.1, -0.05) is 0 Å². The van der Waals surface area contributed by atoms with Crippen LogP contribution in [0, 0.1) is 0 Å². The van der Waals surface area contributed by atoms with Crippen molar-refractivity contribution in [2.24, 2.45) is 0 Å². The number of carboxylic acids is 1. The number of nitrogens with zero attached hydrogens (tertiary/aromatic N) is 1. The highest BCUT2D eigenvalue weighted by molar-refractivity contribution is 5.78. The van der Waals surface area contributed by atoms with Gasteiger partial charge in [-0.3, -0.25) is 9.59 Å². The molecule has 98 valence electrons. The van der Waals surface area contributed by atoms with Gasteiger partial charge in [0.2, 0.25) is 5.91 Å². The molecule has 1 fully saturated rings. The highest BCUT2D eigenvalue weighted by atomic mass is 16.5. The number of hydrogen-bond acceptors (Lipinski definition) is 3. The van der Waals surface area contributed by atoms with Crippen LogP contribution in [0.1, 0.15) is 39.0 Å². The first-order valence-electron chi connectivity index (χ1n) is 6.08. The molecule has 0 aromatic carbocycles. The smallest absolute Gasteiger partial charge is 0.305 e. The van der Waals surface area contributed by atoms with Crippen LogP contribution in [-0.2, 0) is 14.3 Å². The number of carbonyl (C=O) groups is 2. The van der Waals surface area contributed by atoms with Gasteiger partial charge in [-0.2, -0.15) is 0 Å². The summed E-state index contributed by atoms with van der Waals surface area (Å²) >= 11 is 0. The molecule has 0 saturated carbocycles. The first-order chi connectivity index (χ1) is 8.04. The third-order valence-electron chi connectivity index (χ3n) is 3.27. The van der Waals surface area contributed by atoms with Crippen LogP contribution in [0.3, 0.4) is 0 Å². The third-order valence-corrected chi connectivity index (χ3v) is 3.27. The Morgan fingerprint density at radius 3 is 2.82 bits per heavy atom. The molecule has 0 bridgehead atoms. The van der Waals surface area contributed by atoms with Crippen molar-refractivity contribution in [3.8, 4) is 0 Å². The Kier molecular flexibility index (Phi) is 5.41. The predicted octanol–water partition coefficient (Wildman–Crippen LogP) is 1.27. The van der Waals surface area contributed by atoms with Gasteiger partial charge in [0.15, 0.2) is 0 Å². The summed E-state index contributed by atoms with van der Waals surface area (Å²) in [4.78, 5) is 24.3. The quantitative estimate of drug-likeness (QED) is 0.762. The van der Waals surface area contributed by atoms with E-state index in [9.17, 15) is 9.59 Å². The van der Waals surface area contributed by atoms with Crippen molar-refractivity contribution in [1.82, 2.24) is 4.90 Å². The Balaban J connectivity index is 2.41. The molecule has 1 aliphatic rings. The van der Waals surface area contributed by atoms with Crippen LogP contribution in [0.4, 0.5) is 0 Å². The molecule has 5 heteroatoms. The maximum absolute atomic E-state index is 11.9. The molecule has 0 radical (unpaired) electrons. The Hall–Kier alpha value is -1.10. The summed E-state index contributed by atoms with van der Waals surface area (Å²) in [5.41, 5.74) is 0. The van der Waals surface area contributed by atoms with Crippen LogP contribution in [0.25, 0.3) is 0 Å². The van der Waals surface area contributed by atoms with E-state index in [1.54, 1.807) is 12.0 Å². The maximum Gasteiger partial charge on any atom is 0.305 e. The van der Waals surface area contributed by atoms with E-state index in [-0.39, 0.29) is 24.5 Å². The first kappa shape index (κ1) is 14.0. The van der Waals surface area contributed by atoms with E-state index in [2.05, 4.69) is 0 Å². The number of hydrogen-bond donors (Lipinski definition) is 1. The molecule has 1 aliphatic heterocycles. The van der Waals surface area contributed by atoms with Crippen LogP contribution in [0.2, 0.25) is 0 Å². The van der Waals surface area contributed by atoms with Crippen LogP contribution < -0.4 is 0 Å². The van der Waals surface area contributed by atoms with Gasteiger partial charge in [0.1, 0.15) is 0 Å². The topological polar surface area (TPSA) is 66.8 Å². The summed E-state index contributed by atoms with van der Waals surface area (Å²) in [5.74, 6) is -0.780. The molecule has 2 atom stereocenters. The molecular formula is C12H21NO4. The van der Waals surface area contributed by atoms with Crippen LogP contribution in [0.15, 0.2) is 0 Å². The number of carboxylic acid groups (broad SMARTS) is 1. The fourth-order valence-corrected chi connectivity index (χ4v) is 2.17. The summed E-state index contributed by atoms with van der Waals surface area (Å²) < 4.78 is 5.09. The number of aliphatic carboxylic acids is 1. The molecule has 0 spiro atoms. The summed E-state index contributed by atoms with van der Waals surface area (Å²) in [6.07, 6.45) is 2.96. The minimum absolute atomic E-state index is 0.0534. The minimum atomic E-state index is -0.833. The monoisotopic (exact) mass is 243 g/mol. The number of ether oxygens (including phenoxy) is 1. The number of carbonyl (C=O) groups excluding carboxylic acids is 1. The third kappa shape index (κ3) is 4.34. The van der Waals surface area contributed by atoms with Crippen molar-refractivity contribution in [1.29, 1.82) is 0 Å². The van der Waals surface area contributed by atoms with Crippen molar-refractivity contribution in [2.75, 3.05) is 13.7 Å². The fourth-order valence-electron chi connectivity index (χ4n) is 2.17. The molecule has 0 aromatic rings. The molecule has 0 aromatic heterocycles. The summed E-state index contributed by atoms with van der Waals surface area (Å²) in [7, 11) is 1.62. The Morgan fingerprint density at radius 2 is 2.24 bits per heavy atom. The second-order valence-electron chi connectivity index (χ2n) is 4.57. The van der Waals surface area contributed by atoms with Gasteiger partial charge in [0.05, 0.1) is 12.5 Å². The molecule has 2 unspecified atom stereocenters. The largest absolute Gasteiger partial charge is 0.481 e. The Labute approximate surface area is 102 Å². The molecule has 1 rings (SSSR count). The second-order valence-corrected chi connectivity index (χ2v) is 4.57. The normalized spacial score (nSPS) is 21.5. The molecule has 1 heterocycles. The molecule has 1 N–H and O–H groups in total. The van der Waals surface area contributed by atoms with Gasteiger partial charge in [-0.25, -0.2) is 0 Å². The van der Waals surface area contributed by atoms with Gasteiger partial charge in [-0.05, 0) is 26.2 Å². The zero-order chi connectivity index (χ0) is 12.8. The Bertz CT molecular complexity index is 280. The SMILES string of the molecule is COC(C)CCC(=O)N1CCCC1CC(=O)O. The predicted molar refractivity (Wildman–Crippen MR) is 62.7 cm³/mol. The molecule has 0 aliphatic carbocycles. The lowest BCUT2D eigenvalue weighted by Gasteiger charge is -2.24. The highest BCUT2D eigenvalue weighted by Crippen LogP contribution is 2.21. The average molecular weight is 243 g/mol. The van der Waals surface area contributed by atoms with E-state index in [4.69, 9.17) is 9.84 Å².